The highest BCUT2D eigenvalue weighted by molar-refractivity contribution is 4.78. The van der Waals surface area contributed by atoms with Crippen molar-refractivity contribution in [3.8, 4) is 0 Å². The van der Waals surface area contributed by atoms with Crippen LogP contribution in [-0.2, 0) is 0 Å². The van der Waals surface area contributed by atoms with Gasteiger partial charge in [-0.05, 0) is 38.3 Å². The summed E-state index contributed by atoms with van der Waals surface area (Å²) in [6, 6.07) is 0. The van der Waals surface area contributed by atoms with Gasteiger partial charge in [-0.15, -0.1) is 0 Å². The van der Waals surface area contributed by atoms with Crippen LogP contribution in [0.15, 0.2) is 0 Å². The predicted octanol–water partition coefficient (Wildman–Crippen LogP) is 2.96. The zero-order valence-electron chi connectivity index (χ0n) is 8.53. The molecule has 2 atom stereocenters. The van der Waals surface area contributed by atoms with E-state index in [-0.39, 0.29) is 5.92 Å². The van der Waals surface area contributed by atoms with E-state index in [4.69, 9.17) is 0 Å². The van der Waals surface area contributed by atoms with Crippen molar-refractivity contribution in [2.75, 3.05) is 13.1 Å². The van der Waals surface area contributed by atoms with Crippen molar-refractivity contribution >= 4 is 0 Å². The van der Waals surface area contributed by atoms with E-state index in [1.54, 1.807) is 0 Å². The molecule has 0 heterocycles. The van der Waals surface area contributed by atoms with Crippen LogP contribution in [0.25, 0.3) is 0 Å². The fraction of sp³-hybridized carbons (Fsp3) is 1.00. The van der Waals surface area contributed by atoms with Crippen molar-refractivity contribution in [3.05, 3.63) is 0 Å². The molecule has 0 radical (unpaired) electrons. The van der Waals surface area contributed by atoms with Crippen molar-refractivity contribution in [3.63, 3.8) is 0 Å². The first-order valence-electron chi connectivity index (χ1n) is 5.31. The summed E-state index contributed by atoms with van der Waals surface area (Å²) < 4.78 is 37.2. The minimum absolute atomic E-state index is 0.218. The second-order valence-corrected chi connectivity index (χ2v) is 4.08. The molecule has 0 aromatic rings. The maximum Gasteiger partial charge on any atom is 0.391 e. The molecule has 1 N–H and O–H groups in total. The van der Waals surface area contributed by atoms with E-state index < -0.39 is 12.1 Å². The van der Waals surface area contributed by atoms with Crippen LogP contribution in [0.1, 0.15) is 32.6 Å². The highest BCUT2D eigenvalue weighted by Crippen LogP contribution is 2.39. The average Bonchev–Trinajstić information content (AvgIpc) is 2.14. The van der Waals surface area contributed by atoms with Gasteiger partial charge in [0.25, 0.3) is 0 Å². The van der Waals surface area contributed by atoms with Gasteiger partial charge < -0.3 is 5.32 Å². The summed E-state index contributed by atoms with van der Waals surface area (Å²) in [5.41, 5.74) is 0. The first-order chi connectivity index (χ1) is 6.54. The third-order valence-corrected chi connectivity index (χ3v) is 2.93. The van der Waals surface area contributed by atoms with Gasteiger partial charge in [0, 0.05) is 0 Å². The second-order valence-electron chi connectivity index (χ2n) is 4.08. The molecule has 1 aliphatic rings. The molecule has 0 aromatic heterocycles. The lowest BCUT2D eigenvalue weighted by molar-refractivity contribution is -0.185. The van der Waals surface area contributed by atoms with Crippen LogP contribution < -0.4 is 5.32 Å². The Morgan fingerprint density at radius 2 is 2.00 bits per heavy atom. The number of nitrogens with one attached hydrogen (secondary N) is 1. The maximum absolute atomic E-state index is 12.4. The molecular formula is C10H18F3N. The van der Waals surface area contributed by atoms with E-state index >= 15 is 0 Å². The minimum Gasteiger partial charge on any atom is -0.317 e. The number of alkyl halides is 3. The first kappa shape index (κ1) is 11.8. The van der Waals surface area contributed by atoms with Crippen LogP contribution in [0.4, 0.5) is 13.2 Å². The Bertz CT molecular complexity index is 167. The van der Waals surface area contributed by atoms with Crippen LogP contribution in [0.3, 0.4) is 0 Å². The fourth-order valence-corrected chi connectivity index (χ4v) is 2.12. The largest absolute Gasteiger partial charge is 0.391 e. The summed E-state index contributed by atoms with van der Waals surface area (Å²) in [6.07, 6.45) is -1.67. The lowest BCUT2D eigenvalue weighted by atomic mass is 9.81. The molecule has 0 amide bonds. The lowest BCUT2D eigenvalue weighted by Crippen LogP contribution is -2.33. The Balaban J connectivity index is 2.36. The Morgan fingerprint density at radius 3 is 2.57 bits per heavy atom. The van der Waals surface area contributed by atoms with Gasteiger partial charge in [-0.25, -0.2) is 0 Å². The molecule has 0 aliphatic heterocycles. The molecule has 1 saturated carbocycles. The van der Waals surface area contributed by atoms with Gasteiger partial charge >= 0.3 is 6.18 Å². The van der Waals surface area contributed by atoms with Crippen LogP contribution in [0.2, 0.25) is 0 Å². The van der Waals surface area contributed by atoms with Gasteiger partial charge in [-0.3, -0.25) is 0 Å². The zero-order chi connectivity index (χ0) is 10.6. The zero-order valence-corrected chi connectivity index (χ0v) is 8.53. The summed E-state index contributed by atoms with van der Waals surface area (Å²) in [4.78, 5) is 0. The fourth-order valence-electron chi connectivity index (χ4n) is 2.12. The van der Waals surface area contributed by atoms with Crippen molar-refractivity contribution < 1.29 is 13.2 Å². The van der Waals surface area contributed by atoms with Crippen LogP contribution >= 0.6 is 0 Å². The Labute approximate surface area is 83.1 Å². The molecule has 0 bridgehead atoms. The van der Waals surface area contributed by atoms with E-state index in [9.17, 15) is 13.2 Å². The summed E-state index contributed by atoms with van der Waals surface area (Å²) in [6.45, 7) is 3.56. The van der Waals surface area contributed by atoms with Gasteiger partial charge in [0.1, 0.15) is 0 Å². The molecule has 1 nitrogen and oxygen atoms in total. The first-order valence-corrected chi connectivity index (χ1v) is 5.31. The molecule has 1 fully saturated rings. The highest BCUT2D eigenvalue weighted by Gasteiger charge is 2.41. The van der Waals surface area contributed by atoms with E-state index in [1.165, 1.54) is 0 Å². The van der Waals surface area contributed by atoms with Gasteiger partial charge in [0.15, 0.2) is 0 Å². The summed E-state index contributed by atoms with van der Waals surface area (Å²) in [5, 5.41) is 3.12. The van der Waals surface area contributed by atoms with Crippen LogP contribution in [0.5, 0.6) is 0 Å². The quantitative estimate of drug-likeness (QED) is 0.753. The molecule has 1 rings (SSSR count). The predicted molar refractivity (Wildman–Crippen MR) is 50.0 cm³/mol. The molecule has 4 heteroatoms. The lowest BCUT2D eigenvalue weighted by Gasteiger charge is -2.30. The van der Waals surface area contributed by atoms with Crippen molar-refractivity contribution in [1.29, 1.82) is 0 Å². The normalized spacial score (nSPS) is 29.1. The molecule has 0 saturated heterocycles. The second kappa shape index (κ2) is 5.01. The number of rotatable bonds is 3. The standard InChI is InChI=1S/C10H18F3N/c1-2-14-7-8-4-3-5-9(6-8)10(11,12)13/h8-9,14H,2-7H2,1H3. The molecule has 1 aliphatic carbocycles. The molecule has 0 aromatic carbocycles. The number of hydrogen-bond acceptors (Lipinski definition) is 1. The van der Waals surface area contributed by atoms with E-state index in [2.05, 4.69) is 5.32 Å². The molecular weight excluding hydrogens is 191 g/mol. The van der Waals surface area contributed by atoms with Gasteiger partial charge in [-0.2, -0.15) is 13.2 Å². The van der Waals surface area contributed by atoms with Gasteiger partial charge in [0.2, 0.25) is 0 Å². The van der Waals surface area contributed by atoms with Crippen molar-refractivity contribution in [2.45, 2.75) is 38.8 Å². The number of hydrogen-bond donors (Lipinski definition) is 1. The van der Waals surface area contributed by atoms with E-state index in [0.717, 1.165) is 25.9 Å². The Morgan fingerprint density at radius 1 is 1.29 bits per heavy atom. The third-order valence-electron chi connectivity index (χ3n) is 2.93. The molecule has 84 valence electrons. The number of halogens is 3. The molecule has 14 heavy (non-hydrogen) atoms. The average molecular weight is 209 g/mol. The van der Waals surface area contributed by atoms with Gasteiger partial charge in [-0.1, -0.05) is 13.3 Å². The summed E-state index contributed by atoms with van der Waals surface area (Å²) in [5.74, 6) is -0.838. The topological polar surface area (TPSA) is 12.0 Å². The molecule has 2 unspecified atom stereocenters. The summed E-state index contributed by atoms with van der Waals surface area (Å²) in [7, 11) is 0. The highest BCUT2D eigenvalue weighted by atomic mass is 19.4. The summed E-state index contributed by atoms with van der Waals surface area (Å²) >= 11 is 0. The van der Waals surface area contributed by atoms with Crippen molar-refractivity contribution in [2.24, 2.45) is 11.8 Å². The molecule has 0 spiro atoms. The maximum atomic E-state index is 12.4. The SMILES string of the molecule is CCNCC1CCCC(C(F)(F)F)C1. The monoisotopic (exact) mass is 209 g/mol. The van der Waals surface area contributed by atoms with Crippen LogP contribution in [-0.4, -0.2) is 19.3 Å². The van der Waals surface area contributed by atoms with Gasteiger partial charge in [0.05, 0.1) is 5.92 Å². The Kier molecular flexibility index (Phi) is 4.23. The minimum atomic E-state index is -3.98. The van der Waals surface area contributed by atoms with Crippen LogP contribution in [0, 0.1) is 11.8 Å². The van der Waals surface area contributed by atoms with Crippen molar-refractivity contribution in [1.82, 2.24) is 5.32 Å². The smallest absolute Gasteiger partial charge is 0.317 e. The van der Waals surface area contributed by atoms with E-state index in [1.807, 2.05) is 6.92 Å². The third kappa shape index (κ3) is 3.48. The van der Waals surface area contributed by atoms with E-state index in [0.29, 0.717) is 12.8 Å². The Hall–Kier alpha value is -0.250.